The Hall–Kier alpha value is -3.75. The average Bonchev–Trinajstić information content (AvgIpc) is 3.46. The minimum atomic E-state index is -0.293. The predicted molar refractivity (Wildman–Crippen MR) is 129 cm³/mol. The van der Waals surface area contributed by atoms with Crippen molar-refractivity contribution in [2.24, 2.45) is 5.92 Å². The Morgan fingerprint density at radius 1 is 0.941 bits per heavy atom. The van der Waals surface area contributed by atoms with Crippen molar-refractivity contribution >= 4 is 23.3 Å². The van der Waals surface area contributed by atoms with Crippen LogP contribution in [-0.4, -0.2) is 69.2 Å². The predicted octanol–water partition coefficient (Wildman–Crippen LogP) is 2.29. The summed E-state index contributed by atoms with van der Waals surface area (Å²) < 4.78 is 1.89. The van der Waals surface area contributed by atoms with E-state index in [1.54, 1.807) is 11.1 Å². The van der Waals surface area contributed by atoms with Gasteiger partial charge in [-0.3, -0.25) is 14.2 Å². The second-order valence-corrected chi connectivity index (χ2v) is 9.08. The number of carbonyl (C=O) groups is 2. The Morgan fingerprint density at radius 3 is 2.32 bits per heavy atom. The van der Waals surface area contributed by atoms with Gasteiger partial charge in [-0.2, -0.15) is 0 Å². The smallest absolute Gasteiger partial charge is 0.228 e. The van der Waals surface area contributed by atoms with Crippen LogP contribution in [0.2, 0.25) is 0 Å². The van der Waals surface area contributed by atoms with Gasteiger partial charge in [-0.05, 0) is 56.2 Å². The average molecular weight is 460 g/mol. The second-order valence-electron chi connectivity index (χ2n) is 9.08. The SMILES string of the molecule is Cc1ccc(N2CC(C(=O)N3CCN(c4ccc(-n5ccnc5C)nn4)CC3)CC2=O)cc1C. The molecule has 0 spiro atoms. The van der Waals surface area contributed by atoms with Gasteiger partial charge in [0, 0.05) is 57.2 Å². The van der Waals surface area contributed by atoms with Gasteiger partial charge in [0.25, 0.3) is 0 Å². The topological polar surface area (TPSA) is 87.5 Å². The van der Waals surface area contributed by atoms with Crippen molar-refractivity contribution in [2.45, 2.75) is 27.2 Å². The minimum absolute atomic E-state index is 0.0173. The van der Waals surface area contributed by atoms with Crippen LogP contribution in [0.25, 0.3) is 5.82 Å². The highest BCUT2D eigenvalue weighted by molar-refractivity contribution is 6.00. The van der Waals surface area contributed by atoms with Gasteiger partial charge >= 0.3 is 0 Å². The first-order valence-electron chi connectivity index (χ1n) is 11.7. The molecule has 2 amide bonds. The number of imidazole rings is 1. The highest BCUT2D eigenvalue weighted by atomic mass is 16.2. The van der Waals surface area contributed by atoms with Gasteiger partial charge in [-0.25, -0.2) is 4.98 Å². The molecule has 176 valence electrons. The molecule has 2 saturated heterocycles. The lowest BCUT2D eigenvalue weighted by Gasteiger charge is -2.36. The van der Waals surface area contributed by atoms with E-state index < -0.39 is 0 Å². The lowest BCUT2D eigenvalue weighted by atomic mass is 10.1. The highest BCUT2D eigenvalue weighted by Gasteiger charge is 2.38. The largest absolute Gasteiger partial charge is 0.352 e. The summed E-state index contributed by atoms with van der Waals surface area (Å²) in [7, 11) is 0. The number of hydrogen-bond acceptors (Lipinski definition) is 6. The van der Waals surface area contributed by atoms with Crippen molar-refractivity contribution in [3.05, 3.63) is 59.7 Å². The maximum absolute atomic E-state index is 13.2. The number of carbonyl (C=O) groups excluding carboxylic acids is 2. The summed E-state index contributed by atoms with van der Waals surface area (Å²) in [5.41, 5.74) is 3.21. The van der Waals surface area contributed by atoms with Gasteiger partial charge in [0.15, 0.2) is 11.6 Å². The number of amides is 2. The molecule has 0 bridgehead atoms. The van der Waals surface area contributed by atoms with Crippen molar-refractivity contribution in [3.63, 3.8) is 0 Å². The Kier molecular flexibility index (Phi) is 5.77. The van der Waals surface area contributed by atoms with E-state index in [-0.39, 0.29) is 24.2 Å². The van der Waals surface area contributed by atoms with E-state index in [2.05, 4.69) is 27.0 Å². The summed E-state index contributed by atoms with van der Waals surface area (Å²) in [6.07, 6.45) is 3.87. The maximum atomic E-state index is 13.2. The van der Waals surface area contributed by atoms with Gasteiger partial charge in [0.2, 0.25) is 11.8 Å². The standard InChI is InChI=1S/C25H29N7O2/c1-17-4-5-21(14-18(17)2)32-16-20(15-24(32)33)25(34)30-12-10-29(11-13-30)22-6-7-23(28-27-22)31-9-8-26-19(31)3/h4-9,14,20H,10-13,15-16H2,1-3H3. The van der Waals surface area contributed by atoms with Gasteiger partial charge in [0.1, 0.15) is 5.82 Å². The zero-order chi connectivity index (χ0) is 23.8. The number of benzene rings is 1. The van der Waals surface area contributed by atoms with E-state index in [1.165, 1.54) is 5.56 Å². The first-order valence-corrected chi connectivity index (χ1v) is 11.7. The fourth-order valence-corrected chi connectivity index (χ4v) is 4.67. The molecule has 3 aromatic rings. The molecule has 5 rings (SSSR count). The molecule has 0 saturated carbocycles. The number of anilines is 2. The van der Waals surface area contributed by atoms with E-state index in [4.69, 9.17) is 0 Å². The van der Waals surface area contributed by atoms with Gasteiger partial charge < -0.3 is 14.7 Å². The highest BCUT2D eigenvalue weighted by Crippen LogP contribution is 2.28. The van der Waals surface area contributed by atoms with Crippen molar-refractivity contribution in [3.8, 4) is 5.82 Å². The van der Waals surface area contributed by atoms with Crippen LogP contribution >= 0.6 is 0 Å². The van der Waals surface area contributed by atoms with Crippen molar-refractivity contribution < 1.29 is 9.59 Å². The van der Waals surface area contributed by atoms with Gasteiger partial charge in [-0.1, -0.05) is 6.07 Å². The lowest BCUT2D eigenvalue weighted by Crippen LogP contribution is -2.51. The molecular weight excluding hydrogens is 430 g/mol. The Bertz CT molecular complexity index is 1210. The molecule has 2 aliphatic heterocycles. The normalized spacial score (nSPS) is 18.6. The van der Waals surface area contributed by atoms with Crippen molar-refractivity contribution in [2.75, 3.05) is 42.5 Å². The van der Waals surface area contributed by atoms with E-state index in [0.29, 0.717) is 32.7 Å². The summed E-state index contributed by atoms with van der Waals surface area (Å²) in [6, 6.07) is 9.90. The molecule has 1 unspecified atom stereocenters. The zero-order valence-electron chi connectivity index (χ0n) is 19.8. The number of rotatable bonds is 4. The summed E-state index contributed by atoms with van der Waals surface area (Å²) in [5, 5.41) is 8.73. The van der Waals surface area contributed by atoms with Crippen LogP contribution in [0.15, 0.2) is 42.7 Å². The Balaban J connectivity index is 1.19. The molecule has 2 aliphatic rings. The van der Waals surface area contributed by atoms with Crippen LogP contribution in [0.3, 0.4) is 0 Å². The third kappa shape index (κ3) is 4.13. The molecule has 2 aromatic heterocycles. The summed E-state index contributed by atoms with van der Waals surface area (Å²) in [4.78, 5) is 35.9. The summed E-state index contributed by atoms with van der Waals surface area (Å²) in [5.74, 6) is 2.17. The van der Waals surface area contributed by atoms with Crippen LogP contribution in [0.4, 0.5) is 11.5 Å². The van der Waals surface area contributed by atoms with Crippen LogP contribution in [0, 0.1) is 26.7 Å². The number of nitrogens with zero attached hydrogens (tertiary/aromatic N) is 7. The molecule has 4 heterocycles. The summed E-state index contributed by atoms with van der Waals surface area (Å²) in [6.45, 7) is 9.05. The third-order valence-electron chi connectivity index (χ3n) is 6.90. The first kappa shape index (κ1) is 22.1. The van der Waals surface area contributed by atoms with Gasteiger partial charge in [0.05, 0.1) is 5.92 Å². The Labute approximate surface area is 199 Å². The molecule has 9 nitrogen and oxygen atoms in total. The van der Waals surface area contributed by atoms with Crippen LogP contribution in [-0.2, 0) is 9.59 Å². The minimum Gasteiger partial charge on any atom is -0.352 e. The monoisotopic (exact) mass is 459 g/mol. The molecule has 0 N–H and O–H groups in total. The number of hydrogen-bond donors (Lipinski definition) is 0. The third-order valence-corrected chi connectivity index (χ3v) is 6.90. The lowest BCUT2D eigenvalue weighted by molar-refractivity contribution is -0.136. The molecule has 0 aliphatic carbocycles. The van der Waals surface area contributed by atoms with Crippen LogP contribution in [0.1, 0.15) is 23.4 Å². The maximum Gasteiger partial charge on any atom is 0.228 e. The van der Waals surface area contributed by atoms with Crippen molar-refractivity contribution in [1.29, 1.82) is 0 Å². The first-order chi connectivity index (χ1) is 16.4. The fraction of sp³-hybridized carbons (Fsp3) is 0.400. The molecule has 1 atom stereocenters. The number of aromatic nitrogens is 4. The van der Waals surface area contributed by atoms with Gasteiger partial charge in [-0.15, -0.1) is 10.2 Å². The molecule has 34 heavy (non-hydrogen) atoms. The van der Waals surface area contributed by atoms with Crippen LogP contribution in [0.5, 0.6) is 0 Å². The van der Waals surface area contributed by atoms with E-state index in [0.717, 1.165) is 28.7 Å². The van der Waals surface area contributed by atoms with E-state index in [9.17, 15) is 9.59 Å². The Morgan fingerprint density at radius 2 is 1.68 bits per heavy atom. The molecule has 2 fully saturated rings. The molecular formula is C25H29N7O2. The van der Waals surface area contributed by atoms with E-state index in [1.807, 2.05) is 59.8 Å². The van der Waals surface area contributed by atoms with E-state index >= 15 is 0 Å². The van der Waals surface area contributed by atoms with Crippen LogP contribution < -0.4 is 9.80 Å². The number of piperazine rings is 1. The molecule has 1 aromatic carbocycles. The van der Waals surface area contributed by atoms with Crippen molar-refractivity contribution in [1.82, 2.24) is 24.6 Å². The summed E-state index contributed by atoms with van der Waals surface area (Å²) >= 11 is 0. The zero-order valence-corrected chi connectivity index (χ0v) is 19.8. The fourth-order valence-electron chi connectivity index (χ4n) is 4.67. The number of aryl methyl sites for hydroxylation is 3. The second kappa shape index (κ2) is 8.89. The molecule has 0 radical (unpaired) electrons. The quantitative estimate of drug-likeness (QED) is 0.595. The molecule has 9 heteroatoms.